The van der Waals surface area contributed by atoms with Gasteiger partial charge in [-0.25, -0.2) is 0 Å². The molecule has 0 spiro atoms. The van der Waals surface area contributed by atoms with E-state index < -0.39 is 0 Å². The molecule has 3 heteroatoms. The molecular formula is C12H20N2O. The van der Waals surface area contributed by atoms with E-state index in [2.05, 4.69) is 24.7 Å². The average Bonchev–Trinajstić information content (AvgIpc) is 2.58. The van der Waals surface area contributed by atoms with Crippen molar-refractivity contribution in [1.29, 1.82) is 0 Å². The van der Waals surface area contributed by atoms with E-state index >= 15 is 0 Å². The quantitative estimate of drug-likeness (QED) is 0.751. The van der Waals surface area contributed by atoms with Crippen molar-refractivity contribution < 1.29 is 5.11 Å². The Morgan fingerprint density at radius 2 is 2.33 bits per heavy atom. The van der Waals surface area contributed by atoms with Crippen molar-refractivity contribution >= 4 is 0 Å². The summed E-state index contributed by atoms with van der Waals surface area (Å²) < 4.78 is 1.98. The first-order chi connectivity index (χ1) is 7.04. The number of hydrogen-bond acceptors (Lipinski definition) is 2. The highest BCUT2D eigenvalue weighted by Crippen LogP contribution is 2.23. The summed E-state index contributed by atoms with van der Waals surface area (Å²) in [7, 11) is 0. The van der Waals surface area contributed by atoms with Crippen LogP contribution < -0.4 is 0 Å². The van der Waals surface area contributed by atoms with Crippen LogP contribution >= 0.6 is 0 Å². The molecular weight excluding hydrogens is 188 g/mol. The number of rotatable bonds is 5. The van der Waals surface area contributed by atoms with Gasteiger partial charge in [-0.3, -0.25) is 4.68 Å². The smallest absolute Gasteiger partial charge is 0.0596 e. The maximum absolute atomic E-state index is 9.32. The van der Waals surface area contributed by atoms with Crippen molar-refractivity contribution in [3.8, 4) is 0 Å². The maximum Gasteiger partial charge on any atom is 0.0596 e. The molecule has 0 saturated carbocycles. The van der Waals surface area contributed by atoms with E-state index in [1.165, 1.54) is 0 Å². The second kappa shape index (κ2) is 4.62. The molecule has 0 aliphatic heterocycles. The van der Waals surface area contributed by atoms with E-state index in [1.807, 2.05) is 24.6 Å². The summed E-state index contributed by atoms with van der Waals surface area (Å²) in [6.07, 6.45) is 2.59. The van der Waals surface area contributed by atoms with Crippen molar-refractivity contribution in [1.82, 2.24) is 9.78 Å². The third-order valence-electron chi connectivity index (χ3n) is 2.72. The molecule has 84 valence electrons. The predicted octanol–water partition coefficient (Wildman–Crippen LogP) is 1.94. The molecule has 1 unspecified atom stereocenters. The van der Waals surface area contributed by atoms with Gasteiger partial charge in [0, 0.05) is 24.1 Å². The van der Waals surface area contributed by atoms with Crippen molar-refractivity contribution in [2.24, 2.45) is 5.41 Å². The predicted molar refractivity (Wildman–Crippen MR) is 61.7 cm³/mol. The summed E-state index contributed by atoms with van der Waals surface area (Å²) in [5, 5.41) is 13.7. The summed E-state index contributed by atoms with van der Waals surface area (Å²) in [5.74, 6) is 0. The van der Waals surface area contributed by atoms with Gasteiger partial charge < -0.3 is 5.11 Å². The highest BCUT2D eigenvalue weighted by molar-refractivity contribution is 5.13. The first kappa shape index (κ1) is 12.0. The number of aromatic nitrogens is 2. The van der Waals surface area contributed by atoms with Crippen LogP contribution in [0.25, 0.3) is 0 Å². The molecule has 1 rings (SSSR count). The van der Waals surface area contributed by atoms with Crippen LogP contribution in [-0.4, -0.2) is 21.5 Å². The number of hydrogen-bond donors (Lipinski definition) is 1. The molecule has 0 aliphatic carbocycles. The molecule has 0 aliphatic rings. The number of aryl methyl sites for hydroxylation is 2. The molecule has 1 heterocycles. The Morgan fingerprint density at radius 3 is 2.80 bits per heavy atom. The zero-order valence-electron chi connectivity index (χ0n) is 9.82. The fraction of sp³-hybridized carbons (Fsp3) is 0.583. The summed E-state index contributed by atoms with van der Waals surface area (Å²) in [6, 6.07) is 2.07. The highest BCUT2D eigenvalue weighted by atomic mass is 16.3. The summed E-state index contributed by atoms with van der Waals surface area (Å²) in [4.78, 5) is 0. The Labute approximate surface area is 91.4 Å². The van der Waals surface area contributed by atoms with E-state index in [9.17, 15) is 5.11 Å². The molecule has 0 saturated heterocycles. The lowest BCUT2D eigenvalue weighted by atomic mass is 9.86. The molecule has 0 bridgehead atoms. The van der Waals surface area contributed by atoms with Gasteiger partial charge in [-0.1, -0.05) is 13.0 Å². The standard InChI is InChI=1S/C12H20N2O/c1-5-12(4,9-15)8-11-7-10(3)13-14(11)6-2/h5,7,15H,1,6,8-9H2,2-4H3. The van der Waals surface area contributed by atoms with Crippen LogP contribution in [0.4, 0.5) is 0 Å². The van der Waals surface area contributed by atoms with Gasteiger partial charge in [0.05, 0.1) is 12.3 Å². The molecule has 0 amide bonds. The number of aliphatic hydroxyl groups is 1. The first-order valence-electron chi connectivity index (χ1n) is 5.32. The van der Waals surface area contributed by atoms with Crippen molar-refractivity contribution in [2.75, 3.05) is 6.61 Å². The van der Waals surface area contributed by atoms with E-state index in [4.69, 9.17) is 0 Å². The minimum atomic E-state index is -0.251. The normalized spacial score (nSPS) is 14.9. The van der Waals surface area contributed by atoms with Crippen LogP contribution in [0.2, 0.25) is 0 Å². The lowest BCUT2D eigenvalue weighted by Crippen LogP contribution is -2.23. The van der Waals surface area contributed by atoms with Gasteiger partial charge in [-0.2, -0.15) is 5.10 Å². The molecule has 1 N–H and O–H groups in total. The topological polar surface area (TPSA) is 38.1 Å². The van der Waals surface area contributed by atoms with Crippen LogP contribution in [0, 0.1) is 12.3 Å². The minimum absolute atomic E-state index is 0.116. The maximum atomic E-state index is 9.32. The van der Waals surface area contributed by atoms with E-state index in [-0.39, 0.29) is 12.0 Å². The van der Waals surface area contributed by atoms with Crippen LogP contribution in [0.1, 0.15) is 25.2 Å². The lowest BCUT2D eigenvalue weighted by Gasteiger charge is -2.22. The summed E-state index contributed by atoms with van der Waals surface area (Å²) in [6.45, 7) is 10.8. The SMILES string of the molecule is C=CC(C)(CO)Cc1cc(C)nn1CC. The second-order valence-corrected chi connectivity index (χ2v) is 4.29. The first-order valence-corrected chi connectivity index (χ1v) is 5.32. The summed E-state index contributed by atoms with van der Waals surface area (Å²) >= 11 is 0. The monoisotopic (exact) mass is 208 g/mol. The summed E-state index contributed by atoms with van der Waals surface area (Å²) in [5.41, 5.74) is 1.93. The van der Waals surface area contributed by atoms with Gasteiger partial charge >= 0.3 is 0 Å². The fourth-order valence-electron chi connectivity index (χ4n) is 1.62. The highest BCUT2D eigenvalue weighted by Gasteiger charge is 2.21. The van der Waals surface area contributed by atoms with Crippen LogP contribution in [0.5, 0.6) is 0 Å². The van der Waals surface area contributed by atoms with Gasteiger partial charge in [0.15, 0.2) is 0 Å². The van der Waals surface area contributed by atoms with Crippen molar-refractivity contribution in [3.63, 3.8) is 0 Å². The van der Waals surface area contributed by atoms with Gasteiger partial charge in [-0.15, -0.1) is 6.58 Å². The minimum Gasteiger partial charge on any atom is -0.395 e. The van der Waals surface area contributed by atoms with Crippen LogP contribution in [0.3, 0.4) is 0 Å². The molecule has 3 nitrogen and oxygen atoms in total. The van der Waals surface area contributed by atoms with Gasteiger partial charge in [-0.05, 0) is 19.9 Å². The van der Waals surface area contributed by atoms with Gasteiger partial charge in [0.2, 0.25) is 0 Å². The fourth-order valence-corrected chi connectivity index (χ4v) is 1.62. The molecule has 15 heavy (non-hydrogen) atoms. The molecule has 0 radical (unpaired) electrons. The molecule has 1 aromatic rings. The molecule has 0 aromatic carbocycles. The van der Waals surface area contributed by atoms with E-state index in [0.29, 0.717) is 0 Å². The molecule has 0 fully saturated rings. The second-order valence-electron chi connectivity index (χ2n) is 4.29. The average molecular weight is 208 g/mol. The Kier molecular flexibility index (Phi) is 3.69. The third kappa shape index (κ3) is 2.69. The lowest BCUT2D eigenvalue weighted by molar-refractivity contribution is 0.182. The number of nitrogens with zero attached hydrogens (tertiary/aromatic N) is 2. The zero-order valence-corrected chi connectivity index (χ0v) is 9.82. The van der Waals surface area contributed by atoms with Gasteiger partial charge in [0.25, 0.3) is 0 Å². The molecule has 1 atom stereocenters. The van der Waals surface area contributed by atoms with E-state index in [1.54, 1.807) is 0 Å². The Morgan fingerprint density at radius 1 is 1.67 bits per heavy atom. The Bertz CT molecular complexity index is 343. The third-order valence-corrected chi connectivity index (χ3v) is 2.72. The number of aliphatic hydroxyl groups excluding tert-OH is 1. The van der Waals surface area contributed by atoms with Crippen molar-refractivity contribution in [2.45, 2.75) is 33.7 Å². The van der Waals surface area contributed by atoms with Gasteiger partial charge in [0.1, 0.15) is 0 Å². The largest absolute Gasteiger partial charge is 0.395 e. The zero-order chi connectivity index (χ0) is 11.5. The van der Waals surface area contributed by atoms with E-state index in [0.717, 1.165) is 24.4 Å². The van der Waals surface area contributed by atoms with Crippen molar-refractivity contribution in [3.05, 3.63) is 30.1 Å². The Balaban J connectivity index is 2.92. The van der Waals surface area contributed by atoms with Crippen LogP contribution in [-0.2, 0) is 13.0 Å². The van der Waals surface area contributed by atoms with Crippen LogP contribution in [0.15, 0.2) is 18.7 Å². The molecule has 1 aromatic heterocycles. The Hall–Kier alpha value is -1.09.